The predicted octanol–water partition coefficient (Wildman–Crippen LogP) is 4.34. The van der Waals surface area contributed by atoms with Crippen LogP contribution in [-0.4, -0.2) is 25.6 Å². The lowest BCUT2D eigenvalue weighted by Crippen LogP contribution is -2.23. The highest BCUT2D eigenvalue weighted by atomic mass is 16.2. The van der Waals surface area contributed by atoms with E-state index in [0.29, 0.717) is 12.8 Å². The van der Waals surface area contributed by atoms with Gasteiger partial charge in [-0.15, -0.1) is 0 Å². The van der Waals surface area contributed by atoms with Crippen LogP contribution in [0.25, 0.3) is 0 Å². The number of hydrogen-bond acceptors (Lipinski definition) is 3. The molecule has 2 aromatic heterocycles. The van der Waals surface area contributed by atoms with Crippen molar-refractivity contribution in [2.75, 3.05) is 0 Å². The van der Waals surface area contributed by atoms with Gasteiger partial charge in [0.2, 0.25) is 0 Å². The number of benzene rings is 2. The highest BCUT2D eigenvalue weighted by Gasteiger charge is 2.22. The van der Waals surface area contributed by atoms with E-state index in [0.717, 1.165) is 28.9 Å². The molecule has 4 aromatic rings. The summed E-state index contributed by atoms with van der Waals surface area (Å²) in [6, 6.07) is 21.9. The van der Waals surface area contributed by atoms with Gasteiger partial charge in [0, 0.05) is 25.2 Å². The molecule has 5 heteroatoms. The van der Waals surface area contributed by atoms with Gasteiger partial charge in [-0.3, -0.25) is 0 Å². The van der Waals surface area contributed by atoms with E-state index in [4.69, 9.17) is 5.10 Å². The van der Waals surface area contributed by atoms with E-state index in [1.165, 1.54) is 14.9 Å². The van der Waals surface area contributed by atoms with Crippen molar-refractivity contribution in [1.29, 1.82) is 0 Å². The fourth-order valence-corrected chi connectivity index (χ4v) is 3.48. The van der Waals surface area contributed by atoms with E-state index in [1.807, 2.05) is 36.4 Å². The Morgan fingerprint density at radius 1 is 0.893 bits per heavy atom. The molecule has 0 amide bonds. The third-order valence-electron chi connectivity index (χ3n) is 4.84. The number of nitrogens with zero attached hydrogens (tertiary/aromatic N) is 4. The molecule has 0 spiro atoms. The zero-order valence-electron chi connectivity index (χ0n) is 15.8. The van der Waals surface area contributed by atoms with Gasteiger partial charge in [-0.2, -0.15) is 19.6 Å². The first kappa shape index (κ1) is 17.9. The highest BCUT2D eigenvalue weighted by Crippen LogP contribution is 2.22. The molecule has 2 aromatic carbocycles. The van der Waals surface area contributed by atoms with Crippen LogP contribution in [0.3, 0.4) is 0 Å². The summed E-state index contributed by atoms with van der Waals surface area (Å²) in [5, 5.41) is 8.83. The van der Waals surface area contributed by atoms with Gasteiger partial charge < -0.3 is 0 Å². The lowest BCUT2D eigenvalue weighted by Gasteiger charge is -2.08. The molecular weight excluding hydrogens is 348 g/mol. The molecule has 2 heterocycles. The van der Waals surface area contributed by atoms with E-state index >= 15 is 0 Å². The maximum Gasteiger partial charge on any atom is 0.369 e. The smallest absolute Gasteiger partial charge is 0.244 e. The van der Waals surface area contributed by atoms with Crippen LogP contribution in [0.15, 0.2) is 79.1 Å². The first-order valence-corrected chi connectivity index (χ1v) is 9.48. The molecule has 140 valence electrons. The Hall–Kier alpha value is -3.47. The number of carbonyl (C=O) groups is 1. The second kappa shape index (κ2) is 8.05. The number of rotatable bonds is 5. The van der Waals surface area contributed by atoms with Crippen molar-refractivity contribution in [3.8, 4) is 0 Å². The summed E-state index contributed by atoms with van der Waals surface area (Å²) in [7, 11) is 0. The van der Waals surface area contributed by atoms with Crippen molar-refractivity contribution in [2.45, 2.75) is 26.2 Å². The molecule has 0 N–H and O–H groups in total. The van der Waals surface area contributed by atoms with E-state index in [-0.39, 0.29) is 6.03 Å². The molecule has 0 aliphatic carbocycles. The standard InChI is InChI=1S/C23H22N4O/c1-2-20-21(16-18-10-5-3-6-11-18)25-27(23(28)26-15-9-14-24-26)22(20)17-19-12-7-4-8-13-19/h3-15H,2,16-17H2,1H3. The van der Waals surface area contributed by atoms with Crippen molar-refractivity contribution in [3.63, 3.8) is 0 Å². The minimum atomic E-state index is -0.259. The fraction of sp³-hybridized carbons (Fsp3) is 0.174. The summed E-state index contributed by atoms with van der Waals surface area (Å²) in [5.41, 5.74) is 5.34. The Balaban J connectivity index is 1.79. The zero-order chi connectivity index (χ0) is 19.3. The number of carbonyl (C=O) groups excluding carboxylic acids is 1. The molecule has 0 atom stereocenters. The molecule has 5 nitrogen and oxygen atoms in total. The second-order valence-electron chi connectivity index (χ2n) is 6.70. The maximum absolute atomic E-state index is 13.1. The monoisotopic (exact) mass is 370 g/mol. The van der Waals surface area contributed by atoms with Gasteiger partial charge in [0.05, 0.1) is 11.4 Å². The lowest BCUT2D eigenvalue weighted by atomic mass is 10.00. The Kier molecular flexibility index (Phi) is 5.15. The second-order valence-corrected chi connectivity index (χ2v) is 6.70. The van der Waals surface area contributed by atoms with Crippen LogP contribution < -0.4 is 0 Å². The van der Waals surface area contributed by atoms with Crippen LogP contribution in [0.2, 0.25) is 0 Å². The van der Waals surface area contributed by atoms with Crippen LogP contribution >= 0.6 is 0 Å². The van der Waals surface area contributed by atoms with Gasteiger partial charge >= 0.3 is 6.03 Å². The van der Waals surface area contributed by atoms with Crippen molar-refractivity contribution in [3.05, 3.63) is 107 Å². The minimum absolute atomic E-state index is 0.259. The number of aromatic nitrogens is 4. The summed E-state index contributed by atoms with van der Waals surface area (Å²) in [5.74, 6) is 0. The lowest BCUT2D eigenvalue weighted by molar-refractivity contribution is 0.237. The van der Waals surface area contributed by atoms with Crippen molar-refractivity contribution in [2.24, 2.45) is 0 Å². The highest BCUT2D eigenvalue weighted by molar-refractivity contribution is 5.78. The van der Waals surface area contributed by atoms with Crippen molar-refractivity contribution >= 4 is 6.03 Å². The predicted molar refractivity (Wildman–Crippen MR) is 109 cm³/mol. The molecular formula is C23H22N4O. The summed E-state index contributed by atoms with van der Waals surface area (Å²) < 4.78 is 2.85. The van der Waals surface area contributed by atoms with Crippen molar-refractivity contribution in [1.82, 2.24) is 19.6 Å². The van der Waals surface area contributed by atoms with E-state index in [1.54, 1.807) is 18.5 Å². The zero-order valence-corrected chi connectivity index (χ0v) is 15.8. The van der Waals surface area contributed by atoms with Gasteiger partial charge in [-0.1, -0.05) is 67.6 Å². The van der Waals surface area contributed by atoms with Gasteiger partial charge in [0.1, 0.15) is 0 Å². The van der Waals surface area contributed by atoms with E-state index < -0.39 is 0 Å². The topological polar surface area (TPSA) is 52.7 Å². The Bertz CT molecular complexity index is 1050. The molecule has 0 saturated carbocycles. The third kappa shape index (κ3) is 3.64. The summed E-state index contributed by atoms with van der Waals surface area (Å²) >= 11 is 0. The summed E-state index contributed by atoms with van der Waals surface area (Å²) in [6.45, 7) is 2.11. The summed E-state index contributed by atoms with van der Waals surface area (Å²) in [6.07, 6.45) is 5.42. The first-order chi connectivity index (χ1) is 13.8. The molecule has 0 radical (unpaired) electrons. The van der Waals surface area contributed by atoms with Crippen LogP contribution in [0.4, 0.5) is 4.79 Å². The van der Waals surface area contributed by atoms with Gasteiger partial charge in [-0.25, -0.2) is 4.79 Å². The molecule has 28 heavy (non-hydrogen) atoms. The minimum Gasteiger partial charge on any atom is -0.244 e. The Labute approximate surface area is 164 Å². The van der Waals surface area contributed by atoms with Crippen molar-refractivity contribution < 1.29 is 4.79 Å². The van der Waals surface area contributed by atoms with Gasteiger partial charge in [0.15, 0.2) is 0 Å². The normalized spacial score (nSPS) is 10.9. The Morgan fingerprint density at radius 3 is 2.11 bits per heavy atom. The largest absolute Gasteiger partial charge is 0.369 e. The SMILES string of the molecule is CCc1c(Cc2ccccc2)nn(C(=O)n2cccn2)c1Cc1ccccc1. The number of hydrogen-bond donors (Lipinski definition) is 0. The van der Waals surface area contributed by atoms with E-state index in [2.05, 4.69) is 36.3 Å². The molecule has 0 saturated heterocycles. The average molecular weight is 370 g/mol. The quantitative estimate of drug-likeness (QED) is 0.525. The van der Waals surface area contributed by atoms with Gasteiger partial charge in [-0.05, 0) is 29.2 Å². The molecule has 0 aliphatic heterocycles. The first-order valence-electron chi connectivity index (χ1n) is 9.48. The van der Waals surface area contributed by atoms with E-state index in [9.17, 15) is 4.79 Å². The fourth-order valence-electron chi connectivity index (χ4n) is 3.48. The molecule has 0 aliphatic rings. The maximum atomic E-state index is 13.1. The molecule has 0 bridgehead atoms. The molecule has 0 unspecified atom stereocenters. The average Bonchev–Trinajstić information content (AvgIpc) is 3.38. The van der Waals surface area contributed by atoms with Crippen LogP contribution in [0, 0.1) is 0 Å². The third-order valence-corrected chi connectivity index (χ3v) is 4.84. The molecule has 4 rings (SSSR count). The molecule has 0 fully saturated rings. The van der Waals surface area contributed by atoms with Gasteiger partial charge in [0.25, 0.3) is 0 Å². The van der Waals surface area contributed by atoms with Crippen LogP contribution in [-0.2, 0) is 19.3 Å². The van der Waals surface area contributed by atoms with Crippen LogP contribution in [0.1, 0.15) is 35.0 Å². The summed E-state index contributed by atoms with van der Waals surface area (Å²) in [4.78, 5) is 13.1. The van der Waals surface area contributed by atoms with Crippen LogP contribution in [0.5, 0.6) is 0 Å². The Morgan fingerprint density at radius 2 is 1.54 bits per heavy atom.